The molecule has 0 N–H and O–H groups in total. The van der Waals surface area contributed by atoms with E-state index in [0.717, 1.165) is 18.5 Å². The summed E-state index contributed by atoms with van der Waals surface area (Å²) in [5.74, 6) is 0.0293. The lowest BCUT2D eigenvalue weighted by atomic mass is 9.89. The van der Waals surface area contributed by atoms with Crippen LogP contribution in [0.5, 0.6) is 0 Å². The molecule has 4 heteroatoms. The van der Waals surface area contributed by atoms with Crippen molar-refractivity contribution in [2.45, 2.75) is 52.1 Å². The van der Waals surface area contributed by atoms with E-state index < -0.39 is 5.60 Å². The molecule has 2 heterocycles. The van der Waals surface area contributed by atoms with Gasteiger partial charge in [-0.25, -0.2) is 4.79 Å². The minimum absolute atomic E-state index is 0.128. The molecule has 1 amide bonds. The Morgan fingerprint density at radius 2 is 1.86 bits per heavy atom. The van der Waals surface area contributed by atoms with Crippen molar-refractivity contribution in [2.75, 3.05) is 6.54 Å². The zero-order valence-corrected chi connectivity index (χ0v) is 16.8. The van der Waals surface area contributed by atoms with Gasteiger partial charge in [-0.15, -0.1) is 0 Å². The van der Waals surface area contributed by atoms with Crippen LogP contribution in [-0.4, -0.2) is 28.9 Å². The fourth-order valence-corrected chi connectivity index (χ4v) is 4.32. The number of ether oxygens (including phenoxy) is 1. The highest BCUT2D eigenvalue weighted by atomic mass is 16.6. The van der Waals surface area contributed by atoms with Crippen molar-refractivity contribution in [3.8, 4) is 0 Å². The highest BCUT2D eigenvalue weighted by Crippen LogP contribution is 2.39. The Bertz CT molecular complexity index is 967. The van der Waals surface area contributed by atoms with Crippen LogP contribution in [0.4, 0.5) is 0 Å². The third-order valence-corrected chi connectivity index (χ3v) is 5.52. The highest BCUT2D eigenvalue weighted by Gasteiger charge is 2.40. The number of benzene rings is 2. The molecule has 1 unspecified atom stereocenters. The van der Waals surface area contributed by atoms with Crippen LogP contribution >= 0.6 is 0 Å². The first kappa shape index (κ1) is 18.7. The van der Waals surface area contributed by atoms with Crippen molar-refractivity contribution in [1.29, 1.82) is 0 Å². The molecule has 4 nitrogen and oxygen atoms in total. The zero-order valence-electron chi connectivity index (χ0n) is 16.8. The number of hydrogen-bond donors (Lipinski definition) is 0. The van der Waals surface area contributed by atoms with Crippen LogP contribution in [0.15, 0.2) is 53.7 Å². The minimum Gasteiger partial charge on any atom is -0.457 e. The summed E-state index contributed by atoms with van der Waals surface area (Å²) in [5.41, 5.74) is 2.29. The number of hydrogen-bond acceptors (Lipinski definition) is 3. The summed E-state index contributed by atoms with van der Waals surface area (Å²) < 4.78 is 5.64. The van der Waals surface area contributed by atoms with Gasteiger partial charge in [0, 0.05) is 24.6 Å². The Kier molecular flexibility index (Phi) is 4.74. The smallest absolute Gasteiger partial charge is 0.336 e. The van der Waals surface area contributed by atoms with Gasteiger partial charge in [0.15, 0.2) is 0 Å². The Balaban J connectivity index is 1.65. The summed E-state index contributed by atoms with van der Waals surface area (Å²) in [6.45, 7) is 6.33. The second-order valence-corrected chi connectivity index (χ2v) is 8.78. The van der Waals surface area contributed by atoms with Gasteiger partial charge in [0.25, 0.3) is 0 Å². The Labute approximate surface area is 166 Å². The molecule has 2 aromatic carbocycles. The van der Waals surface area contributed by atoms with Crippen LogP contribution < -0.4 is 0 Å². The molecule has 2 aliphatic rings. The fraction of sp³-hybridized carbons (Fsp3) is 0.417. The van der Waals surface area contributed by atoms with Gasteiger partial charge in [0.2, 0.25) is 5.91 Å². The molecule has 0 aromatic heterocycles. The third-order valence-electron chi connectivity index (χ3n) is 5.52. The normalized spacial score (nSPS) is 19.9. The average molecular weight is 377 g/mol. The van der Waals surface area contributed by atoms with Crippen LogP contribution in [0.2, 0.25) is 0 Å². The summed E-state index contributed by atoms with van der Waals surface area (Å²) in [6.07, 6.45) is 2.59. The van der Waals surface area contributed by atoms with Gasteiger partial charge in [-0.3, -0.25) is 4.79 Å². The molecule has 0 aliphatic carbocycles. The van der Waals surface area contributed by atoms with Crippen molar-refractivity contribution in [3.63, 3.8) is 0 Å². The van der Waals surface area contributed by atoms with Crippen LogP contribution in [0.3, 0.4) is 0 Å². The van der Waals surface area contributed by atoms with Crippen molar-refractivity contribution in [2.24, 2.45) is 5.92 Å². The molecule has 0 spiro atoms. The molecule has 146 valence electrons. The first-order valence-corrected chi connectivity index (χ1v) is 10.1. The van der Waals surface area contributed by atoms with Crippen molar-refractivity contribution in [3.05, 3.63) is 59.3 Å². The van der Waals surface area contributed by atoms with E-state index in [-0.39, 0.29) is 17.8 Å². The zero-order chi connectivity index (χ0) is 19.9. The maximum absolute atomic E-state index is 12.8. The standard InChI is InChI=1S/C24H27NO3/c1-24(2,3)28-23(27)20-10-11-21(26)25-13-12-19(22(20)25)15-16-8-9-17-6-4-5-7-18(17)14-16/h4-9,14,19H,10-13,15H2,1-3H3. The molecule has 2 aliphatic heterocycles. The van der Waals surface area contributed by atoms with E-state index in [9.17, 15) is 9.59 Å². The van der Waals surface area contributed by atoms with E-state index in [4.69, 9.17) is 4.74 Å². The van der Waals surface area contributed by atoms with Crippen molar-refractivity contribution in [1.82, 2.24) is 4.90 Å². The minimum atomic E-state index is -0.538. The van der Waals surface area contributed by atoms with E-state index in [1.807, 2.05) is 37.8 Å². The van der Waals surface area contributed by atoms with E-state index in [0.29, 0.717) is 25.0 Å². The van der Waals surface area contributed by atoms with Gasteiger partial charge in [0.05, 0.1) is 5.57 Å². The van der Waals surface area contributed by atoms with Crippen LogP contribution in [-0.2, 0) is 20.7 Å². The number of rotatable bonds is 3. The first-order valence-electron chi connectivity index (χ1n) is 10.1. The predicted octanol–water partition coefficient (Wildman–Crippen LogP) is 4.62. The number of fused-ring (bicyclic) bond motifs is 2. The van der Waals surface area contributed by atoms with Gasteiger partial charge < -0.3 is 9.64 Å². The predicted molar refractivity (Wildman–Crippen MR) is 110 cm³/mol. The number of allylic oxidation sites excluding steroid dienone is 1. The summed E-state index contributed by atoms with van der Waals surface area (Å²) in [7, 11) is 0. The number of carbonyl (C=O) groups is 2. The molecule has 4 rings (SSSR count). The molecular formula is C24H27NO3. The van der Waals surface area contributed by atoms with E-state index in [1.54, 1.807) is 0 Å². The molecule has 0 saturated carbocycles. The van der Waals surface area contributed by atoms with Gasteiger partial charge in [-0.1, -0.05) is 42.5 Å². The molecule has 0 radical (unpaired) electrons. The summed E-state index contributed by atoms with van der Waals surface area (Å²) in [4.78, 5) is 27.1. The Morgan fingerprint density at radius 1 is 1.11 bits per heavy atom. The summed E-state index contributed by atoms with van der Waals surface area (Å²) >= 11 is 0. The Morgan fingerprint density at radius 3 is 2.61 bits per heavy atom. The maximum atomic E-state index is 12.8. The largest absolute Gasteiger partial charge is 0.457 e. The molecule has 1 saturated heterocycles. The molecule has 1 atom stereocenters. The highest BCUT2D eigenvalue weighted by molar-refractivity contribution is 5.94. The first-order chi connectivity index (χ1) is 13.3. The molecule has 2 aromatic rings. The second-order valence-electron chi connectivity index (χ2n) is 8.78. The SMILES string of the molecule is CC(C)(C)OC(=O)C1=C2C(Cc3ccc4ccccc4c3)CCN2C(=O)CC1. The maximum Gasteiger partial charge on any atom is 0.336 e. The third kappa shape index (κ3) is 3.68. The lowest BCUT2D eigenvalue weighted by Gasteiger charge is -2.30. The molecule has 0 bridgehead atoms. The summed E-state index contributed by atoms with van der Waals surface area (Å²) in [5, 5.41) is 2.44. The van der Waals surface area contributed by atoms with Crippen LogP contribution in [0.25, 0.3) is 10.8 Å². The van der Waals surface area contributed by atoms with E-state index in [1.165, 1.54) is 16.3 Å². The number of esters is 1. The number of nitrogens with zero attached hydrogens (tertiary/aromatic N) is 1. The molecule has 1 fully saturated rings. The van der Waals surface area contributed by atoms with Crippen molar-refractivity contribution < 1.29 is 14.3 Å². The van der Waals surface area contributed by atoms with E-state index in [2.05, 4.69) is 30.3 Å². The second kappa shape index (κ2) is 7.08. The van der Waals surface area contributed by atoms with Crippen LogP contribution in [0.1, 0.15) is 45.6 Å². The Hall–Kier alpha value is -2.62. The van der Waals surface area contributed by atoms with Crippen LogP contribution in [0, 0.1) is 5.92 Å². The van der Waals surface area contributed by atoms with Gasteiger partial charge >= 0.3 is 5.97 Å². The number of amides is 1. The topological polar surface area (TPSA) is 46.6 Å². The monoisotopic (exact) mass is 377 g/mol. The number of carbonyl (C=O) groups excluding carboxylic acids is 2. The average Bonchev–Trinajstić information content (AvgIpc) is 3.05. The molecule has 28 heavy (non-hydrogen) atoms. The fourth-order valence-electron chi connectivity index (χ4n) is 4.32. The van der Waals surface area contributed by atoms with Gasteiger partial charge in [0.1, 0.15) is 5.60 Å². The van der Waals surface area contributed by atoms with Gasteiger partial charge in [-0.2, -0.15) is 0 Å². The van der Waals surface area contributed by atoms with Crippen molar-refractivity contribution >= 4 is 22.6 Å². The van der Waals surface area contributed by atoms with Gasteiger partial charge in [-0.05, 0) is 56.4 Å². The summed E-state index contributed by atoms with van der Waals surface area (Å²) in [6, 6.07) is 14.8. The lowest BCUT2D eigenvalue weighted by Crippen LogP contribution is -2.35. The molecular weight excluding hydrogens is 350 g/mol. The quantitative estimate of drug-likeness (QED) is 0.733. The lowest BCUT2D eigenvalue weighted by molar-refractivity contribution is -0.150. The van der Waals surface area contributed by atoms with E-state index >= 15 is 0 Å².